The Hall–Kier alpha value is -0.610. The second kappa shape index (κ2) is 5.19. The maximum atomic E-state index is 11.3. The molecule has 1 atom stereocenters. The van der Waals surface area contributed by atoms with Crippen molar-refractivity contribution >= 4 is 5.97 Å². The first-order valence-electron chi connectivity index (χ1n) is 4.78. The molecule has 0 saturated carbocycles. The molecule has 0 aromatic carbocycles. The quantitative estimate of drug-likeness (QED) is 0.651. The second-order valence-electron chi connectivity index (χ2n) is 3.26. The molecule has 1 fully saturated rings. The summed E-state index contributed by atoms with van der Waals surface area (Å²) >= 11 is 0. The Bertz CT molecular complexity index is 166. The smallest absolute Gasteiger partial charge is 0.323 e. The molecule has 0 amide bonds. The zero-order chi connectivity index (χ0) is 9.68. The van der Waals surface area contributed by atoms with Crippen molar-refractivity contribution in [1.29, 1.82) is 0 Å². The number of carbonyl (C=O) groups is 1. The van der Waals surface area contributed by atoms with Gasteiger partial charge in [-0.2, -0.15) is 0 Å². The van der Waals surface area contributed by atoms with Crippen molar-refractivity contribution in [2.45, 2.75) is 38.3 Å². The Balaban J connectivity index is 2.26. The van der Waals surface area contributed by atoms with Crippen LogP contribution in [-0.2, 0) is 14.3 Å². The zero-order valence-electron chi connectivity index (χ0n) is 7.99. The van der Waals surface area contributed by atoms with Crippen molar-refractivity contribution < 1.29 is 14.3 Å². The molecule has 1 heterocycles. The molecule has 0 radical (unpaired) electrons. The van der Waals surface area contributed by atoms with Crippen molar-refractivity contribution in [1.82, 2.24) is 0 Å². The largest absolute Gasteiger partial charge is 0.461 e. The summed E-state index contributed by atoms with van der Waals surface area (Å²) in [4.78, 5) is 11.3. The van der Waals surface area contributed by atoms with Crippen molar-refractivity contribution in [2.75, 3.05) is 13.2 Å². The highest BCUT2D eigenvalue weighted by molar-refractivity contribution is 5.75. The number of rotatable bonds is 3. The fourth-order valence-electron chi connectivity index (χ4n) is 1.21. The molecule has 13 heavy (non-hydrogen) atoms. The predicted octanol–water partition coefficient (Wildman–Crippen LogP) is 0.446. The van der Waals surface area contributed by atoms with Crippen LogP contribution in [0.4, 0.5) is 0 Å². The van der Waals surface area contributed by atoms with E-state index in [0.717, 1.165) is 12.8 Å². The van der Waals surface area contributed by atoms with Gasteiger partial charge in [-0.25, -0.2) is 0 Å². The Labute approximate surface area is 78.4 Å². The van der Waals surface area contributed by atoms with Crippen LogP contribution in [0, 0.1) is 0 Å². The summed E-state index contributed by atoms with van der Waals surface area (Å²) in [6.07, 6.45) is 2.23. The van der Waals surface area contributed by atoms with E-state index in [4.69, 9.17) is 15.2 Å². The SMILES string of the molecule is CC[C@H](N)C(=O)OC1CCOCC1. The van der Waals surface area contributed by atoms with E-state index < -0.39 is 6.04 Å². The monoisotopic (exact) mass is 187 g/mol. The lowest BCUT2D eigenvalue weighted by atomic mass is 10.1. The minimum absolute atomic E-state index is 0.0128. The van der Waals surface area contributed by atoms with Gasteiger partial charge in [-0.3, -0.25) is 4.79 Å². The molecule has 1 rings (SSSR count). The van der Waals surface area contributed by atoms with Gasteiger partial charge in [-0.05, 0) is 6.42 Å². The van der Waals surface area contributed by atoms with Gasteiger partial charge in [0.15, 0.2) is 0 Å². The Morgan fingerprint density at radius 1 is 1.62 bits per heavy atom. The molecule has 0 aromatic heterocycles. The van der Waals surface area contributed by atoms with Gasteiger partial charge < -0.3 is 15.2 Å². The summed E-state index contributed by atoms with van der Waals surface area (Å²) in [6, 6.07) is -0.470. The Morgan fingerprint density at radius 2 is 2.23 bits per heavy atom. The maximum absolute atomic E-state index is 11.3. The van der Waals surface area contributed by atoms with Crippen molar-refractivity contribution in [2.24, 2.45) is 5.73 Å². The average molecular weight is 187 g/mol. The molecular weight excluding hydrogens is 170 g/mol. The number of ether oxygens (including phenoxy) is 2. The summed E-state index contributed by atoms with van der Waals surface area (Å²) in [6.45, 7) is 3.23. The summed E-state index contributed by atoms with van der Waals surface area (Å²) in [5.41, 5.74) is 5.53. The lowest BCUT2D eigenvalue weighted by Gasteiger charge is -2.23. The van der Waals surface area contributed by atoms with Crippen LogP contribution >= 0.6 is 0 Å². The summed E-state index contributed by atoms with van der Waals surface area (Å²) < 4.78 is 10.3. The van der Waals surface area contributed by atoms with Gasteiger partial charge in [0.2, 0.25) is 0 Å². The standard InChI is InChI=1S/C9H17NO3/c1-2-8(10)9(11)13-7-3-5-12-6-4-7/h7-8H,2-6,10H2,1H3/t8-/m0/s1. The van der Waals surface area contributed by atoms with E-state index in [1.165, 1.54) is 0 Å². The molecule has 0 unspecified atom stereocenters. The summed E-state index contributed by atoms with van der Waals surface area (Å²) in [7, 11) is 0. The number of hydrogen-bond donors (Lipinski definition) is 1. The van der Waals surface area contributed by atoms with Gasteiger partial charge in [0.05, 0.1) is 13.2 Å². The summed E-state index contributed by atoms with van der Waals surface area (Å²) in [5.74, 6) is -0.283. The molecule has 4 nitrogen and oxygen atoms in total. The minimum Gasteiger partial charge on any atom is -0.461 e. The third-order valence-electron chi connectivity index (χ3n) is 2.19. The van der Waals surface area contributed by atoms with Crippen molar-refractivity contribution in [3.63, 3.8) is 0 Å². The molecule has 0 bridgehead atoms. The van der Waals surface area contributed by atoms with Gasteiger partial charge in [0, 0.05) is 12.8 Å². The molecule has 1 aliphatic heterocycles. The van der Waals surface area contributed by atoms with Crippen LogP contribution in [0.25, 0.3) is 0 Å². The average Bonchev–Trinajstić information content (AvgIpc) is 2.18. The Kier molecular flexibility index (Phi) is 4.18. The third-order valence-corrected chi connectivity index (χ3v) is 2.19. The van der Waals surface area contributed by atoms with E-state index in [2.05, 4.69) is 0 Å². The normalized spacial score (nSPS) is 21.1. The zero-order valence-corrected chi connectivity index (χ0v) is 7.99. The topological polar surface area (TPSA) is 61.6 Å². The van der Waals surface area contributed by atoms with E-state index in [1.54, 1.807) is 0 Å². The van der Waals surface area contributed by atoms with E-state index in [-0.39, 0.29) is 12.1 Å². The van der Waals surface area contributed by atoms with Crippen LogP contribution in [0.1, 0.15) is 26.2 Å². The van der Waals surface area contributed by atoms with Gasteiger partial charge in [-0.1, -0.05) is 6.92 Å². The van der Waals surface area contributed by atoms with Crippen LogP contribution in [-0.4, -0.2) is 31.3 Å². The number of hydrogen-bond acceptors (Lipinski definition) is 4. The van der Waals surface area contributed by atoms with Gasteiger partial charge >= 0.3 is 5.97 Å². The van der Waals surface area contributed by atoms with Crippen LogP contribution in [0.15, 0.2) is 0 Å². The maximum Gasteiger partial charge on any atom is 0.323 e. The predicted molar refractivity (Wildman–Crippen MR) is 48.2 cm³/mol. The van der Waals surface area contributed by atoms with E-state index in [9.17, 15) is 4.79 Å². The Morgan fingerprint density at radius 3 is 2.77 bits per heavy atom. The van der Waals surface area contributed by atoms with Crippen LogP contribution in [0.5, 0.6) is 0 Å². The number of esters is 1. The lowest BCUT2D eigenvalue weighted by Crippen LogP contribution is -2.36. The first kappa shape index (κ1) is 10.5. The molecule has 2 N–H and O–H groups in total. The molecule has 76 valence electrons. The molecular formula is C9H17NO3. The molecule has 1 aliphatic rings. The molecule has 4 heteroatoms. The highest BCUT2D eigenvalue weighted by Crippen LogP contribution is 2.11. The first-order chi connectivity index (χ1) is 6.24. The number of carbonyl (C=O) groups excluding carboxylic acids is 1. The number of nitrogens with two attached hydrogens (primary N) is 1. The minimum atomic E-state index is -0.470. The molecule has 0 aromatic rings. The second-order valence-corrected chi connectivity index (χ2v) is 3.26. The van der Waals surface area contributed by atoms with E-state index in [1.807, 2.05) is 6.92 Å². The van der Waals surface area contributed by atoms with Gasteiger partial charge in [0.1, 0.15) is 12.1 Å². The third kappa shape index (κ3) is 3.32. The summed E-state index contributed by atoms with van der Waals surface area (Å²) in [5, 5.41) is 0. The molecule has 0 spiro atoms. The van der Waals surface area contributed by atoms with Crippen LogP contribution < -0.4 is 5.73 Å². The van der Waals surface area contributed by atoms with Gasteiger partial charge in [-0.15, -0.1) is 0 Å². The fourth-order valence-corrected chi connectivity index (χ4v) is 1.21. The molecule has 0 aliphatic carbocycles. The molecule has 1 saturated heterocycles. The van der Waals surface area contributed by atoms with E-state index >= 15 is 0 Å². The first-order valence-corrected chi connectivity index (χ1v) is 4.78. The van der Waals surface area contributed by atoms with Crippen LogP contribution in [0.2, 0.25) is 0 Å². The highest BCUT2D eigenvalue weighted by atomic mass is 16.6. The van der Waals surface area contributed by atoms with Gasteiger partial charge in [0.25, 0.3) is 0 Å². The highest BCUT2D eigenvalue weighted by Gasteiger charge is 2.20. The lowest BCUT2D eigenvalue weighted by molar-refractivity contribution is -0.154. The van der Waals surface area contributed by atoms with E-state index in [0.29, 0.717) is 19.6 Å². The van der Waals surface area contributed by atoms with Crippen molar-refractivity contribution in [3.05, 3.63) is 0 Å². The van der Waals surface area contributed by atoms with Crippen LogP contribution in [0.3, 0.4) is 0 Å². The fraction of sp³-hybridized carbons (Fsp3) is 0.889. The van der Waals surface area contributed by atoms with Crippen molar-refractivity contribution in [3.8, 4) is 0 Å².